The molecule has 7 heteroatoms. The normalized spacial score (nSPS) is 12.2. The van der Waals surface area contributed by atoms with Gasteiger partial charge in [0.1, 0.15) is 17.5 Å². The summed E-state index contributed by atoms with van der Waals surface area (Å²) in [6, 6.07) is 22.3. The number of pyridine rings is 1. The molecule has 0 saturated carbocycles. The standard InChI is InChI=1S/C27H26N4O3/c1-27(2,16-18-10-5-3-6-11-18)26(31-25(34)19-12-7-4-8-13-19)30-22-21(23(32)24(22)33)29-20-14-9-15-28-17-20/h3-15,17,26,29-30H,16H2,1-2H3,(H,31,34). The van der Waals surface area contributed by atoms with E-state index in [1.165, 1.54) is 0 Å². The van der Waals surface area contributed by atoms with Crippen molar-refractivity contribution in [2.75, 3.05) is 10.6 Å². The van der Waals surface area contributed by atoms with E-state index in [0.717, 1.165) is 5.56 Å². The van der Waals surface area contributed by atoms with Crippen molar-refractivity contribution >= 4 is 23.0 Å². The lowest BCUT2D eigenvalue weighted by Gasteiger charge is -2.37. The summed E-state index contributed by atoms with van der Waals surface area (Å²) in [5.41, 5.74) is 0.737. The van der Waals surface area contributed by atoms with Gasteiger partial charge in [0.15, 0.2) is 0 Å². The van der Waals surface area contributed by atoms with Crippen molar-refractivity contribution in [3.05, 3.63) is 117 Å². The van der Waals surface area contributed by atoms with Crippen molar-refractivity contribution in [3.63, 3.8) is 0 Å². The summed E-state index contributed by atoms with van der Waals surface area (Å²) in [4.78, 5) is 41.9. The van der Waals surface area contributed by atoms with Gasteiger partial charge in [-0.25, -0.2) is 0 Å². The van der Waals surface area contributed by atoms with Gasteiger partial charge in [0.05, 0.1) is 11.9 Å². The number of nitrogens with one attached hydrogen (secondary N) is 3. The van der Waals surface area contributed by atoms with Gasteiger partial charge in [-0.1, -0.05) is 62.4 Å². The number of rotatable bonds is 9. The largest absolute Gasteiger partial charge is 0.360 e. The van der Waals surface area contributed by atoms with Crippen molar-refractivity contribution in [2.24, 2.45) is 5.41 Å². The molecule has 3 N–H and O–H groups in total. The Kier molecular flexibility index (Phi) is 6.54. The number of hydrogen-bond acceptors (Lipinski definition) is 6. The first-order chi connectivity index (χ1) is 16.3. The van der Waals surface area contributed by atoms with Crippen LogP contribution in [0, 0.1) is 5.41 Å². The van der Waals surface area contributed by atoms with Gasteiger partial charge in [0.25, 0.3) is 16.8 Å². The molecule has 1 amide bonds. The molecule has 4 aromatic rings. The van der Waals surface area contributed by atoms with Crippen molar-refractivity contribution in [2.45, 2.75) is 26.4 Å². The number of aromatic nitrogens is 1. The zero-order chi connectivity index (χ0) is 24.1. The topological polar surface area (TPSA) is 100 Å². The zero-order valence-corrected chi connectivity index (χ0v) is 19.0. The lowest BCUT2D eigenvalue weighted by Crippen LogP contribution is -2.53. The minimum atomic E-state index is -0.641. The predicted molar refractivity (Wildman–Crippen MR) is 134 cm³/mol. The molecule has 1 unspecified atom stereocenters. The molecule has 0 spiro atoms. The zero-order valence-electron chi connectivity index (χ0n) is 19.0. The molecule has 4 rings (SSSR count). The second-order valence-electron chi connectivity index (χ2n) is 8.84. The van der Waals surface area contributed by atoms with Gasteiger partial charge in [-0.3, -0.25) is 19.4 Å². The second kappa shape index (κ2) is 9.70. The van der Waals surface area contributed by atoms with Crippen LogP contribution in [-0.2, 0) is 6.42 Å². The Labute approximate surface area is 197 Å². The fourth-order valence-corrected chi connectivity index (χ4v) is 3.83. The van der Waals surface area contributed by atoms with E-state index >= 15 is 0 Å². The number of carbonyl (C=O) groups is 1. The fourth-order valence-electron chi connectivity index (χ4n) is 3.83. The van der Waals surface area contributed by atoms with Gasteiger partial charge in [-0.05, 0) is 36.2 Å². The molecule has 0 aliphatic rings. The Hall–Kier alpha value is -4.26. The van der Waals surface area contributed by atoms with E-state index in [1.807, 2.05) is 50.2 Å². The van der Waals surface area contributed by atoms with E-state index in [4.69, 9.17) is 0 Å². The number of benzene rings is 2. The average Bonchev–Trinajstić information content (AvgIpc) is 2.86. The highest BCUT2D eigenvalue weighted by molar-refractivity contribution is 5.94. The maximum absolute atomic E-state index is 13.0. The van der Waals surface area contributed by atoms with E-state index in [-0.39, 0.29) is 17.3 Å². The summed E-state index contributed by atoms with van der Waals surface area (Å²) in [6.45, 7) is 4.01. The Morgan fingerprint density at radius 1 is 0.882 bits per heavy atom. The third kappa shape index (κ3) is 5.04. The third-order valence-electron chi connectivity index (χ3n) is 5.73. The first kappa shape index (κ1) is 22.9. The molecule has 172 valence electrons. The van der Waals surface area contributed by atoms with Crippen LogP contribution in [0.1, 0.15) is 29.8 Å². The lowest BCUT2D eigenvalue weighted by molar-refractivity contribution is 0.0907. The van der Waals surface area contributed by atoms with Gasteiger partial charge >= 0.3 is 0 Å². The molecule has 0 aliphatic carbocycles. The molecular weight excluding hydrogens is 428 g/mol. The molecule has 0 radical (unpaired) electrons. The number of amides is 1. The van der Waals surface area contributed by atoms with Crippen molar-refractivity contribution in [1.29, 1.82) is 0 Å². The van der Waals surface area contributed by atoms with E-state index in [2.05, 4.69) is 20.9 Å². The van der Waals surface area contributed by atoms with Crippen molar-refractivity contribution in [3.8, 4) is 0 Å². The van der Waals surface area contributed by atoms with Crippen LogP contribution in [0.5, 0.6) is 0 Å². The average molecular weight is 455 g/mol. The number of nitrogens with zero attached hydrogens (tertiary/aromatic N) is 1. The molecule has 0 saturated heterocycles. The maximum Gasteiger partial charge on any atom is 0.253 e. The summed E-state index contributed by atoms with van der Waals surface area (Å²) < 4.78 is 0. The Balaban J connectivity index is 1.63. The van der Waals surface area contributed by atoms with Crippen LogP contribution in [0.4, 0.5) is 17.1 Å². The molecule has 1 aromatic heterocycles. The SMILES string of the molecule is CC(C)(Cc1ccccc1)C(NC(=O)c1ccccc1)Nc1c(Nc2cccnc2)c(=O)c1=O. The minimum absolute atomic E-state index is 0.147. The van der Waals surface area contributed by atoms with Gasteiger partial charge in [0.2, 0.25) is 0 Å². The lowest BCUT2D eigenvalue weighted by atomic mass is 9.82. The maximum atomic E-state index is 13.0. The van der Waals surface area contributed by atoms with E-state index < -0.39 is 22.4 Å². The van der Waals surface area contributed by atoms with Crippen LogP contribution >= 0.6 is 0 Å². The number of hydrogen-bond donors (Lipinski definition) is 3. The van der Waals surface area contributed by atoms with Crippen LogP contribution in [0.3, 0.4) is 0 Å². The van der Waals surface area contributed by atoms with Crippen molar-refractivity contribution in [1.82, 2.24) is 10.3 Å². The Morgan fingerprint density at radius 2 is 1.53 bits per heavy atom. The summed E-state index contributed by atoms with van der Waals surface area (Å²) in [7, 11) is 0. The van der Waals surface area contributed by atoms with Crippen molar-refractivity contribution < 1.29 is 4.79 Å². The summed E-state index contributed by atoms with van der Waals surface area (Å²) in [6.07, 6.45) is 3.17. The highest BCUT2D eigenvalue weighted by Gasteiger charge is 2.34. The van der Waals surface area contributed by atoms with Gasteiger partial charge in [-0.2, -0.15) is 0 Å². The number of anilines is 3. The second-order valence-corrected chi connectivity index (χ2v) is 8.84. The quantitative estimate of drug-likeness (QED) is 0.262. The first-order valence-electron chi connectivity index (χ1n) is 11.0. The monoisotopic (exact) mass is 454 g/mol. The molecule has 1 heterocycles. The van der Waals surface area contributed by atoms with Crippen LogP contribution in [0.2, 0.25) is 0 Å². The summed E-state index contributed by atoms with van der Waals surface area (Å²) in [5, 5.41) is 9.16. The van der Waals surface area contributed by atoms with Gasteiger partial charge < -0.3 is 16.0 Å². The summed E-state index contributed by atoms with van der Waals surface area (Å²) in [5.74, 6) is -0.278. The van der Waals surface area contributed by atoms with E-state index in [9.17, 15) is 14.4 Å². The van der Waals surface area contributed by atoms with Crippen LogP contribution in [0.25, 0.3) is 0 Å². The smallest absolute Gasteiger partial charge is 0.253 e. The number of carbonyl (C=O) groups excluding carboxylic acids is 1. The highest BCUT2D eigenvalue weighted by Crippen LogP contribution is 2.29. The highest BCUT2D eigenvalue weighted by atomic mass is 16.2. The third-order valence-corrected chi connectivity index (χ3v) is 5.73. The molecule has 3 aromatic carbocycles. The molecule has 0 fully saturated rings. The fraction of sp³-hybridized carbons (Fsp3) is 0.185. The van der Waals surface area contributed by atoms with Crippen LogP contribution < -0.4 is 26.8 Å². The van der Waals surface area contributed by atoms with Gasteiger partial charge in [-0.15, -0.1) is 0 Å². The first-order valence-corrected chi connectivity index (χ1v) is 11.0. The van der Waals surface area contributed by atoms with Gasteiger partial charge in [0, 0.05) is 17.2 Å². The molecular formula is C27H26N4O3. The summed E-state index contributed by atoms with van der Waals surface area (Å²) >= 11 is 0. The van der Waals surface area contributed by atoms with Crippen LogP contribution in [-0.4, -0.2) is 17.1 Å². The van der Waals surface area contributed by atoms with Crippen LogP contribution in [0.15, 0.2) is 94.8 Å². The van der Waals surface area contributed by atoms with E-state index in [0.29, 0.717) is 17.7 Å². The Bertz CT molecular complexity index is 1330. The minimum Gasteiger partial charge on any atom is -0.360 e. The molecule has 0 bridgehead atoms. The Morgan fingerprint density at radius 3 is 2.18 bits per heavy atom. The molecule has 0 aliphatic heterocycles. The van der Waals surface area contributed by atoms with E-state index in [1.54, 1.807) is 48.8 Å². The predicted octanol–water partition coefficient (Wildman–Crippen LogP) is 3.86. The molecule has 7 nitrogen and oxygen atoms in total. The molecule has 1 atom stereocenters. The molecule has 34 heavy (non-hydrogen) atoms.